The molecule has 0 aromatic rings. The number of carbonyl (C=O) groups excluding carboxylic acids is 1. The number of rotatable bonds is 4. The van der Waals surface area contributed by atoms with Gasteiger partial charge in [-0.25, -0.2) is 0 Å². The Hall–Kier alpha value is -0.610. The number of ether oxygens (including phenoxy) is 1. The average molecular weight is 306 g/mol. The van der Waals surface area contributed by atoms with Crippen molar-refractivity contribution < 1.29 is 9.53 Å². The summed E-state index contributed by atoms with van der Waals surface area (Å²) >= 11 is 0. The first kappa shape index (κ1) is 14.9. The van der Waals surface area contributed by atoms with Crippen LogP contribution in [-0.4, -0.2) is 49.7 Å². The molecule has 4 saturated carbocycles. The Morgan fingerprint density at radius 2 is 1.68 bits per heavy atom. The van der Waals surface area contributed by atoms with Gasteiger partial charge >= 0.3 is 0 Å². The summed E-state index contributed by atoms with van der Waals surface area (Å²) in [5.74, 6) is 2.89. The summed E-state index contributed by atoms with van der Waals surface area (Å²) in [6, 6.07) is 0.418. The van der Waals surface area contributed by atoms with Crippen molar-refractivity contribution in [2.45, 2.75) is 51.5 Å². The van der Waals surface area contributed by atoms with E-state index in [1.807, 2.05) is 0 Å². The fraction of sp³-hybridized carbons (Fsp3) is 0.944. The van der Waals surface area contributed by atoms with Crippen LogP contribution < -0.4 is 5.32 Å². The SMILES string of the molecule is CC(CNC(=O)C12CC3CC(CC(C3)C1)C2)N1CCOCC1. The highest BCUT2D eigenvalue weighted by Gasteiger charge is 2.54. The predicted molar refractivity (Wildman–Crippen MR) is 85.5 cm³/mol. The first-order valence-electron chi connectivity index (χ1n) is 9.25. The fourth-order valence-electron chi connectivity index (χ4n) is 5.96. The van der Waals surface area contributed by atoms with E-state index in [4.69, 9.17) is 4.74 Å². The van der Waals surface area contributed by atoms with E-state index in [-0.39, 0.29) is 5.41 Å². The van der Waals surface area contributed by atoms with Gasteiger partial charge in [-0.05, 0) is 63.2 Å². The van der Waals surface area contributed by atoms with Crippen molar-refractivity contribution in [2.75, 3.05) is 32.8 Å². The van der Waals surface area contributed by atoms with E-state index in [0.717, 1.165) is 69.9 Å². The van der Waals surface area contributed by atoms with Crippen molar-refractivity contribution in [3.05, 3.63) is 0 Å². The summed E-state index contributed by atoms with van der Waals surface area (Å²) in [6.07, 6.45) is 7.69. The first-order chi connectivity index (χ1) is 10.6. The molecule has 1 aliphatic heterocycles. The van der Waals surface area contributed by atoms with Gasteiger partial charge in [-0.3, -0.25) is 9.69 Å². The van der Waals surface area contributed by atoms with E-state index < -0.39 is 0 Å². The molecule has 4 heteroatoms. The fourth-order valence-corrected chi connectivity index (χ4v) is 5.96. The van der Waals surface area contributed by atoms with Crippen LogP contribution in [0.1, 0.15) is 45.4 Å². The van der Waals surface area contributed by atoms with Gasteiger partial charge in [0.15, 0.2) is 0 Å². The Bertz CT molecular complexity index is 396. The summed E-state index contributed by atoms with van der Waals surface area (Å²) in [4.78, 5) is 15.4. The van der Waals surface area contributed by atoms with Crippen molar-refractivity contribution in [3.8, 4) is 0 Å². The highest BCUT2D eigenvalue weighted by Crippen LogP contribution is 2.60. The zero-order valence-electron chi connectivity index (χ0n) is 13.9. The molecule has 4 bridgehead atoms. The van der Waals surface area contributed by atoms with Gasteiger partial charge < -0.3 is 10.1 Å². The summed E-state index contributed by atoms with van der Waals surface area (Å²) in [7, 11) is 0. The number of amides is 1. The molecule has 5 aliphatic rings. The molecule has 1 heterocycles. The van der Waals surface area contributed by atoms with E-state index in [1.54, 1.807) is 0 Å². The standard InChI is InChI=1S/C18H30N2O2/c1-13(20-2-4-22-5-3-20)12-19-17(21)18-9-14-6-15(10-18)8-16(7-14)11-18/h13-16H,2-12H2,1H3,(H,19,21). The van der Waals surface area contributed by atoms with Gasteiger partial charge in [0, 0.05) is 31.1 Å². The minimum atomic E-state index is -0.000517. The van der Waals surface area contributed by atoms with Crippen LogP contribution in [0.4, 0.5) is 0 Å². The minimum Gasteiger partial charge on any atom is -0.379 e. The van der Waals surface area contributed by atoms with E-state index in [9.17, 15) is 4.79 Å². The van der Waals surface area contributed by atoms with Crippen molar-refractivity contribution in [2.24, 2.45) is 23.2 Å². The molecule has 5 rings (SSSR count). The monoisotopic (exact) mass is 306 g/mol. The van der Waals surface area contributed by atoms with Gasteiger partial charge in [-0.15, -0.1) is 0 Å². The number of carbonyl (C=O) groups is 1. The van der Waals surface area contributed by atoms with Gasteiger partial charge in [-0.1, -0.05) is 0 Å². The largest absolute Gasteiger partial charge is 0.379 e. The zero-order valence-corrected chi connectivity index (χ0v) is 13.9. The Labute approximate surface area is 134 Å². The van der Waals surface area contributed by atoms with Gasteiger partial charge in [0.25, 0.3) is 0 Å². The van der Waals surface area contributed by atoms with Crippen molar-refractivity contribution in [1.29, 1.82) is 0 Å². The highest BCUT2D eigenvalue weighted by atomic mass is 16.5. The Kier molecular flexibility index (Phi) is 3.93. The van der Waals surface area contributed by atoms with Crippen LogP contribution in [-0.2, 0) is 9.53 Å². The lowest BCUT2D eigenvalue weighted by molar-refractivity contribution is -0.146. The van der Waals surface area contributed by atoms with Crippen LogP contribution in [0.2, 0.25) is 0 Å². The second-order valence-corrected chi connectivity index (χ2v) is 8.41. The molecule has 4 aliphatic carbocycles. The van der Waals surface area contributed by atoms with Gasteiger partial charge in [0.1, 0.15) is 0 Å². The Balaban J connectivity index is 1.34. The number of nitrogens with zero attached hydrogens (tertiary/aromatic N) is 1. The van der Waals surface area contributed by atoms with E-state index in [0.29, 0.717) is 11.9 Å². The molecular formula is C18H30N2O2. The lowest BCUT2D eigenvalue weighted by Crippen LogP contribution is -2.55. The maximum Gasteiger partial charge on any atom is 0.226 e. The van der Waals surface area contributed by atoms with Crippen molar-refractivity contribution in [3.63, 3.8) is 0 Å². The minimum absolute atomic E-state index is 0.000517. The van der Waals surface area contributed by atoms with E-state index in [1.165, 1.54) is 19.3 Å². The molecule has 0 aromatic heterocycles. The van der Waals surface area contributed by atoms with Crippen LogP contribution in [0.5, 0.6) is 0 Å². The third kappa shape index (κ3) is 2.69. The average Bonchev–Trinajstić information content (AvgIpc) is 2.51. The summed E-state index contributed by atoms with van der Waals surface area (Å²) in [5.41, 5.74) is -0.000517. The van der Waals surface area contributed by atoms with Gasteiger partial charge in [-0.2, -0.15) is 0 Å². The molecule has 1 amide bonds. The van der Waals surface area contributed by atoms with Gasteiger partial charge in [0.05, 0.1) is 13.2 Å². The molecule has 1 atom stereocenters. The molecule has 1 saturated heterocycles. The number of morpholine rings is 1. The van der Waals surface area contributed by atoms with Crippen LogP contribution in [0, 0.1) is 23.2 Å². The van der Waals surface area contributed by atoms with E-state index in [2.05, 4.69) is 17.1 Å². The summed E-state index contributed by atoms with van der Waals surface area (Å²) in [5, 5.41) is 3.32. The third-order valence-electron chi connectivity index (χ3n) is 6.75. The molecule has 124 valence electrons. The maximum absolute atomic E-state index is 12.9. The lowest BCUT2D eigenvalue weighted by atomic mass is 9.49. The molecule has 4 nitrogen and oxygen atoms in total. The number of hydrogen-bond acceptors (Lipinski definition) is 3. The summed E-state index contributed by atoms with van der Waals surface area (Å²) in [6.45, 7) is 6.66. The predicted octanol–water partition coefficient (Wildman–Crippen LogP) is 2.04. The van der Waals surface area contributed by atoms with Gasteiger partial charge in [0.2, 0.25) is 5.91 Å². The Morgan fingerprint density at radius 3 is 2.23 bits per heavy atom. The first-order valence-corrected chi connectivity index (χ1v) is 9.25. The molecule has 1 N–H and O–H groups in total. The van der Waals surface area contributed by atoms with Crippen LogP contribution in [0.3, 0.4) is 0 Å². The molecule has 0 spiro atoms. The molecule has 0 aromatic carbocycles. The number of nitrogens with one attached hydrogen (secondary N) is 1. The van der Waals surface area contributed by atoms with Crippen molar-refractivity contribution in [1.82, 2.24) is 10.2 Å². The van der Waals surface area contributed by atoms with E-state index >= 15 is 0 Å². The Morgan fingerprint density at radius 1 is 1.14 bits per heavy atom. The normalized spacial score (nSPS) is 42.3. The van der Waals surface area contributed by atoms with Crippen molar-refractivity contribution >= 4 is 5.91 Å². The summed E-state index contributed by atoms with van der Waals surface area (Å²) < 4.78 is 5.41. The van der Waals surface area contributed by atoms with Crippen LogP contribution in [0.25, 0.3) is 0 Å². The third-order valence-corrected chi connectivity index (χ3v) is 6.75. The maximum atomic E-state index is 12.9. The van der Waals surface area contributed by atoms with Crippen LogP contribution >= 0.6 is 0 Å². The molecule has 5 fully saturated rings. The molecule has 0 radical (unpaired) electrons. The smallest absolute Gasteiger partial charge is 0.226 e. The quantitative estimate of drug-likeness (QED) is 0.864. The van der Waals surface area contributed by atoms with Crippen LogP contribution in [0.15, 0.2) is 0 Å². The second kappa shape index (κ2) is 5.79. The highest BCUT2D eigenvalue weighted by molar-refractivity contribution is 5.83. The zero-order chi connectivity index (χ0) is 15.2. The second-order valence-electron chi connectivity index (χ2n) is 8.41. The number of hydrogen-bond donors (Lipinski definition) is 1. The molecule has 22 heavy (non-hydrogen) atoms. The lowest BCUT2D eigenvalue weighted by Gasteiger charge is -2.55. The topological polar surface area (TPSA) is 41.6 Å². The molecular weight excluding hydrogens is 276 g/mol. The molecule has 1 unspecified atom stereocenters.